The van der Waals surface area contributed by atoms with E-state index in [0.717, 1.165) is 17.0 Å². The zero-order chi connectivity index (χ0) is 30.1. The van der Waals surface area contributed by atoms with E-state index >= 15 is 0 Å². The minimum Gasteiger partial charge on any atom is -0.353 e. The summed E-state index contributed by atoms with van der Waals surface area (Å²) in [7, 11) is 0. The zero-order valence-electron chi connectivity index (χ0n) is 24.0. The molecule has 7 nitrogen and oxygen atoms in total. The number of piperazine rings is 1. The fraction of sp³-hybridized carbons (Fsp3) is 0.303. The second-order valence-electron chi connectivity index (χ2n) is 11.4. The van der Waals surface area contributed by atoms with Crippen molar-refractivity contribution in [3.8, 4) is 0 Å². The summed E-state index contributed by atoms with van der Waals surface area (Å²) in [4.78, 5) is 34.3. The van der Waals surface area contributed by atoms with Crippen LogP contribution in [0.25, 0.3) is 5.57 Å². The van der Waals surface area contributed by atoms with Crippen LogP contribution in [-0.2, 0) is 4.79 Å². The Morgan fingerprint density at radius 3 is 2.51 bits per heavy atom. The van der Waals surface area contributed by atoms with E-state index in [0.29, 0.717) is 31.9 Å². The van der Waals surface area contributed by atoms with Gasteiger partial charge in [-0.3, -0.25) is 4.79 Å². The van der Waals surface area contributed by atoms with Gasteiger partial charge in [0.15, 0.2) is 0 Å². The van der Waals surface area contributed by atoms with Gasteiger partial charge in [-0.05, 0) is 53.5 Å². The lowest BCUT2D eigenvalue weighted by Crippen LogP contribution is -2.50. The smallest absolute Gasteiger partial charge is 0.322 e. The maximum absolute atomic E-state index is 13.9. The summed E-state index contributed by atoms with van der Waals surface area (Å²) in [5.41, 5.74) is 2.34. The lowest BCUT2D eigenvalue weighted by atomic mass is 9.70. The molecule has 2 fully saturated rings. The van der Waals surface area contributed by atoms with E-state index in [9.17, 15) is 18.4 Å². The van der Waals surface area contributed by atoms with Gasteiger partial charge in [0.05, 0.1) is 22.8 Å². The normalized spacial score (nSPS) is 24.7. The molecule has 2 N–H and O–H groups in total. The Balaban J connectivity index is 1.04. The lowest BCUT2D eigenvalue weighted by Gasteiger charge is -2.35. The largest absolute Gasteiger partial charge is 0.353 e. The van der Waals surface area contributed by atoms with Crippen LogP contribution in [0.3, 0.4) is 0 Å². The van der Waals surface area contributed by atoms with Crippen molar-refractivity contribution in [2.75, 3.05) is 41.7 Å². The van der Waals surface area contributed by atoms with Crippen molar-refractivity contribution in [1.82, 2.24) is 9.88 Å². The van der Waals surface area contributed by atoms with E-state index in [2.05, 4.69) is 46.5 Å². The molecular weight excluding hydrogens is 568 g/mol. The van der Waals surface area contributed by atoms with Crippen molar-refractivity contribution >= 4 is 46.5 Å². The highest BCUT2D eigenvalue weighted by atomic mass is 32.2. The molecule has 6 rings (SSSR count). The number of pyridine rings is 1. The van der Waals surface area contributed by atoms with Gasteiger partial charge in [0, 0.05) is 36.8 Å². The van der Waals surface area contributed by atoms with Gasteiger partial charge in [-0.2, -0.15) is 0 Å². The average molecular weight is 602 g/mol. The summed E-state index contributed by atoms with van der Waals surface area (Å²) in [5.74, 6) is 0.00929. The number of rotatable bonds is 5. The third kappa shape index (κ3) is 5.88. The minimum atomic E-state index is -0.469. The number of fused-ring (bicyclic) bond motifs is 1. The van der Waals surface area contributed by atoms with Gasteiger partial charge in [-0.15, -0.1) is 11.8 Å². The van der Waals surface area contributed by atoms with E-state index in [1.165, 1.54) is 18.2 Å². The first-order valence-corrected chi connectivity index (χ1v) is 15.3. The maximum Gasteiger partial charge on any atom is 0.322 e. The second kappa shape index (κ2) is 11.8. The van der Waals surface area contributed by atoms with Crippen molar-refractivity contribution in [3.63, 3.8) is 0 Å². The number of para-hydroxylation sites is 1. The molecule has 2 saturated heterocycles. The number of urea groups is 1. The lowest BCUT2D eigenvalue weighted by molar-refractivity contribution is -0.116. The molecule has 222 valence electrons. The average Bonchev–Trinajstić information content (AvgIpc) is 3.28. The van der Waals surface area contributed by atoms with Crippen molar-refractivity contribution in [2.45, 2.75) is 24.3 Å². The molecule has 4 unspecified atom stereocenters. The molecule has 1 aromatic heterocycles. The van der Waals surface area contributed by atoms with Crippen LogP contribution in [-0.4, -0.2) is 58.5 Å². The molecule has 0 spiro atoms. The van der Waals surface area contributed by atoms with Crippen LogP contribution in [0.2, 0.25) is 0 Å². The topological polar surface area (TPSA) is 77.6 Å². The van der Waals surface area contributed by atoms with Crippen LogP contribution in [0, 0.1) is 23.0 Å². The molecule has 3 aliphatic rings. The van der Waals surface area contributed by atoms with E-state index in [1.54, 1.807) is 47.1 Å². The number of hydrogen-bond donors (Lipinski definition) is 2. The number of nitrogens with zero attached hydrogens (tertiary/aromatic N) is 3. The summed E-state index contributed by atoms with van der Waals surface area (Å²) < 4.78 is 27.7. The Kier molecular flexibility index (Phi) is 7.96. The third-order valence-corrected chi connectivity index (χ3v) is 10.6. The summed E-state index contributed by atoms with van der Waals surface area (Å²) in [6.07, 6.45) is 8.01. The highest BCUT2D eigenvalue weighted by molar-refractivity contribution is 8.01. The van der Waals surface area contributed by atoms with Crippen molar-refractivity contribution in [1.29, 1.82) is 0 Å². The number of anilines is 3. The third-order valence-electron chi connectivity index (χ3n) is 8.70. The van der Waals surface area contributed by atoms with Gasteiger partial charge in [0.1, 0.15) is 17.5 Å². The van der Waals surface area contributed by atoms with Crippen LogP contribution >= 0.6 is 11.8 Å². The Labute approximate surface area is 254 Å². The first-order chi connectivity index (χ1) is 20.7. The predicted molar refractivity (Wildman–Crippen MR) is 168 cm³/mol. The number of carbonyl (C=O) groups is 2. The summed E-state index contributed by atoms with van der Waals surface area (Å²) in [6.45, 7) is 6.39. The SMILES string of the molecule is CC1C(C(=O)Nc2ccc(N3CCN(C(=O)Nc4ccccc4F)CC3)nc2)SC2C=CC(c3cccc(F)c3)=CC21C. The summed E-state index contributed by atoms with van der Waals surface area (Å²) >= 11 is 1.65. The van der Waals surface area contributed by atoms with Crippen molar-refractivity contribution < 1.29 is 18.4 Å². The Hall–Kier alpha value is -4.18. The molecule has 1 aliphatic carbocycles. The molecular formula is C33H33F2N5O2S. The van der Waals surface area contributed by atoms with Crippen LogP contribution in [0.1, 0.15) is 19.4 Å². The molecule has 3 amide bonds. The number of nitrogens with one attached hydrogen (secondary N) is 2. The Morgan fingerprint density at radius 2 is 1.79 bits per heavy atom. The summed E-state index contributed by atoms with van der Waals surface area (Å²) in [5, 5.41) is 5.56. The van der Waals surface area contributed by atoms with Crippen LogP contribution in [0.5, 0.6) is 0 Å². The molecule has 2 aliphatic heterocycles. The molecule has 43 heavy (non-hydrogen) atoms. The van der Waals surface area contributed by atoms with Gasteiger partial charge < -0.3 is 20.4 Å². The number of thioether (sulfide) groups is 1. The molecule has 3 aromatic rings. The number of carbonyl (C=O) groups excluding carboxylic acids is 2. The molecule has 0 saturated carbocycles. The van der Waals surface area contributed by atoms with Crippen molar-refractivity contribution in [3.05, 3.63) is 102 Å². The minimum absolute atomic E-state index is 0.0510. The Morgan fingerprint density at radius 1 is 1.00 bits per heavy atom. The highest BCUT2D eigenvalue weighted by Crippen LogP contribution is 2.56. The van der Waals surface area contributed by atoms with E-state index in [-0.39, 0.29) is 45.3 Å². The number of aromatic nitrogens is 1. The Bertz CT molecular complexity index is 1590. The number of halogens is 2. The van der Waals surface area contributed by atoms with E-state index < -0.39 is 5.82 Å². The first kappa shape index (κ1) is 28.9. The van der Waals surface area contributed by atoms with Crippen LogP contribution in [0.4, 0.5) is 30.8 Å². The van der Waals surface area contributed by atoms with Gasteiger partial charge in [0.2, 0.25) is 5.91 Å². The molecule has 0 radical (unpaired) electrons. The van der Waals surface area contributed by atoms with Crippen LogP contribution < -0.4 is 15.5 Å². The van der Waals surface area contributed by atoms with Gasteiger partial charge in [-0.25, -0.2) is 18.6 Å². The highest BCUT2D eigenvalue weighted by Gasteiger charge is 2.51. The number of allylic oxidation sites excluding steroid dienone is 3. The number of hydrogen-bond acceptors (Lipinski definition) is 5. The quantitative estimate of drug-likeness (QED) is 0.353. The summed E-state index contributed by atoms with van der Waals surface area (Å²) in [6, 6.07) is 16.1. The van der Waals surface area contributed by atoms with E-state index in [1.807, 2.05) is 24.3 Å². The fourth-order valence-electron chi connectivity index (χ4n) is 5.94. The molecule has 0 bridgehead atoms. The molecule has 2 aromatic carbocycles. The van der Waals surface area contributed by atoms with Gasteiger partial charge >= 0.3 is 6.03 Å². The number of amides is 3. The van der Waals surface area contributed by atoms with Gasteiger partial charge in [-0.1, -0.05) is 56.3 Å². The second-order valence-corrected chi connectivity index (χ2v) is 12.7. The first-order valence-electron chi connectivity index (χ1n) is 14.4. The van der Waals surface area contributed by atoms with Crippen LogP contribution in [0.15, 0.2) is 85.1 Å². The maximum atomic E-state index is 13.9. The molecule has 4 atom stereocenters. The monoisotopic (exact) mass is 601 g/mol. The van der Waals surface area contributed by atoms with Crippen molar-refractivity contribution in [2.24, 2.45) is 11.3 Å². The zero-order valence-corrected chi connectivity index (χ0v) is 24.8. The fourth-order valence-corrected chi connectivity index (χ4v) is 7.71. The standard InChI is InChI=1S/C33H33F2N5O2S/c1-21-30(43-28-12-10-23(19-33(21,28)2)22-6-5-7-24(34)18-22)31(41)37-25-11-13-29(36-20-25)39-14-16-40(17-15-39)32(42)38-27-9-4-3-8-26(27)35/h3-13,18-21,28,30H,14-17H2,1-2H3,(H,37,41)(H,38,42). The predicted octanol–water partition coefficient (Wildman–Crippen LogP) is 6.43. The molecule has 10 heteroatoms. The van der Waals surface area contributed by atoms with E-state index in [4.69, 9.17) is 0 Å². The molecule has 3 heterocycles. The van der Waals surface area contributed by atoms with Gasteiger partial charge in [0.25, 0.3) is 0 Å². The number of benzene rings is 2.